The molecule has 0 saturated carbocycles. The van der Waals surface area contributed by atoms with E-state index in [-0.39, 0.29) is 18.2 Å². The molecule has 0 fully saturated rings. The average molecular weight is 248 g/mol. The molecular formula is C14H20N2O2. The van der Waals surface area contributed by atoms with Crippen LogP contribution in [-0.2, 0) is 16.1 Å². The number of nitrogens with one attached hydrogen (secondary N) is 2. The number of amides is 2. The van der Waals surface area contributed by atoms with Crippen LogP contribution in [0.1, 0.15) is 31.7 Å². The Morgan fingerprint density at radius 1 is 1.06 bits per heavy atom. The van der Waals surface area contributed by atoms with Gasteiger partial charge in [0, 0.05) is 13.1 Å². The molecule has 0 unspecified atom stereocenters. The van der Waals surface area contributed by atoms with Crippen LogP contribution in [0.15, 0.2) is 30.3 Å². The number of unbranched alkanes of at least 4 members (excludes halogenated alkanes) is 1. The van der Waals surface area contributed by atoms with Crippen molar-refractivity contribution >= 4 is 11.8 Å². The van der Waals surface area contributed by atoms with Crippen LogP contribution in [0, 0.1) is 0 Å². The lowest BCUT2D eigenvalue weighted by Crippen LogP contribution is -2.32. The normalized spacial score (nSPS) is 9.83. The first-order chi connectivity index (χ1) is 8.72. The molecule has 4 heteroatoms. The second-order valence-corrected chi connectivity index (χ2v) is 4.14. The minimum Gasteiger partial charge on any atom is -0.356 e. The van der Waals surface area contributed by atoms with E-state index in [2.05, 4.69) is 17.6 Å². The van der Waals surface area contributed by atoms with Gasteiger partial charge in [0.25, 0.3) is 0 Å². The fourth-order valence-electron chi connectivity index (χ4n) is 1.47. The number of carbonyl (C=O) groups is 2. The molecule has 18 heavy (non-hydrogen) atoms. The van der Waals surface area contributed by atoms with Crippen molar-refractivity contribution in [3.8, 4) is 0 Å². The Morgan fingerprint density at radius 2 is 1.72 bits per heavy atom. The Labute approximate surface area is 108 Å². The summed E-state index contributed by atoms with van der Waals surface area (Å²) in [5.41, 5.74) is 1.03. The molecule has 0 radical (unpaired) electrons. The summed E-state index contributed by atoms with van der Waals surface area (Å²) in [7, 11) is 0. The van der Waals surface area contributed by atoms with Gasteiger partial charge in [0.15, 0.2) is 0 Å². The summed E-state index contributed by atoms with van der Waals surface area (Å²) >= 11 is 0. The molecule has 1 rings (SSSR count). The summed E-state index contributed by atoms with van der Waals surface area (Å²) in [6, 6.07) is 9.62. The molecule has 0 saturated heterocycles. The smallest absolute Gasteiger partial charge is 0.229 e. The van der Waals surface area contributed by atoms with Gasteiger partial charge in [0.05, 0.1) is 0 Å². The predicted molar refractivity (Wildman–Crippen MR) is 70.8 cm³/mol. The van der Waals surface area contributed by atoms with Crippen molar-refractivity contribution in [2.45, 2.75) is 32.7 Å². The second kappa shape index (κ2) is 8.28. The SMILES string of the molecule is CCCCNC(=O)CC(=O)NCc1ccccc1. The zero-order valence-corrected chi connectivity index (χ0v) is 10.7. The van der Waals surface area contributed by atoms with Gasteiger partial charge < -0.3 is 10.6 Å². The molecular weight excluding hydrogens is 228 g/mol. The van der Waals surface area contributed by atoms with Crippen molar-refractivity contribution in [1.82, 2.24) is 10.6 Å². The van der Waals surface area contributed by atoms with Gasteiger partial charge in [-0.15, -0.1) is 0 Å². The molecule has 0 heterocycles. The zero-order valence-electron chi connectivity index (χ0n) is 10.7. The molecule has 0 bridgehead atoms. The molecule has 2 N–H and O–H groups in total. The van der Waals surface area contributed by atoms with Crippen molar-refractivity contribution < 1.29 is 9.59 Å². The van der Waals surface area contributed by atoms with E-state index >= 15 is 0 Å². The topological polar surface area (TPSA) is 58.2 Å². The van der Waals surface area contributed by atoms with E-state index in [1.54, 1.807) is 0 Å². The molecule has 0 aliphatic carbocycles. The minimum absolute atomic E-state index is 0.101. The lowest BCUT2D eigenvalue weighted by molar-refractivity contribution is -0.129. The predicted octanol–water partition coefficient (Wildman–Crippen LogP) is 1.61. The third kappa shape index (κ3) is 6.03. The van der Waals surface area contributed by atoms with Crippen molar-refractivity contribution in [2.75, 3.05) is 6.54 Å². The van der Waals surface area contributed by atoms with E-state index in [0.29, 0.717) is 13.1 Å². The van der Waals surface area contributed by atoms with Crippen LogP contribution in [0.3, 0.4) is 0 Å². The summed E-state index contributed by atoms with van der Waals surface area (Å²) in [5.74, 6) is -0.457. The van der Waals surface area contributed by atoms with Gasteiger partial charge in [-0.25, -0.2) is 0 Å². The Balaban J connectivity index is 2.19. The largest absolute Gasteiger partial charge is 0.356 e. The highest BCUT2D eigenvalue weighted by molar-refractivity contribution is 5.96. The lowest BCUT2D eigenvalue weighted by atomic mass is 10.2. The van der Waals surface area contributed by atoms with Crippen molar-refractivity contribution in [2.24, 2.45) is 0 Å². The summed E-state index contributed by atoms with van der Waals surface area (Å²) < 4.78 is 0. The Morgan fingerprint density at radius 3 is 2.39 bits per heavy atom. The van der Waals surface area contributed by atoms with Crippen molar-refractivity contribution in [1.29, 1.82) is 0 Å². The van der Waals surface area contributed by atoms with E-state index in [0.717, 1.165) is 18.4 Å². The lowest BCUT2D eigenvalue weighted by Gasteiger charge is -2.06. The van der Waals surface area contributed by atoms with Gasteiger partial charge in [-0.1, -0.05) is 43.7 Å². The van der Waals surface area contributed by atoms with E-state index in [1.807, 2.05) is 30.3 Å². The van der Waals surface area contributed by atoms with Crippen LogP contribution < -0.4 is 10.6 Å². The molecule has 0 spiro atoms. The maximum absolute atomic E-state index is 11.5. The van der Waals surface area contributed by atoms with Gasteiger partial charge in [0.1, 0.15) is 6.42 Å². The van der Waals surface area contributed by atoms with E-state index in [4.69, 9.17) is 0 Å². The number of carbonyl (C=O) groups excluding carboxylic acids is 2. The summed E-state index contributed by atoms with van der Waals surface area (Å²) in [4.78, 5) is 22.9. The number of rotatable bonds is 7. The quantitative estimate of drug-likeness (QED) is 0.569. The summed E-state index contributed by atoms with van der Waals surface area (Å²) in [5, 5.41) is 5.43. The molecule has 1 aromatic carbocycles. The highest BCUT2D eigenvalue weighted by Crippen LogP contribution is 1.97. The molecule has 0 aliphatic heterocycles. The van der Waals surface area contributed by atoms with Gasteiger partial charge in [-0.05, 0) is 12.0 Å². The first-order valence-electron chi connectivity index (χ1n) is 6.29. The Bertz CT molecular complexity index is 377. The molecule has 0 aromatic heterocycles. The van der Waals surface area contributed by atoms with Crippen molar-refractivity contribution in [3.63, 3.8) is 0 Å². The minimum atomic E-state index is -0.243. The first-order valence-corrected chi connectivity index (χ1v) is 6.29. The van der Waals surface area contributed by atoms with E-state index < -0.39 is 0 Å². The van der Waals surface area contributed by atoms with Crippen LogP contribution in [0.4, 0.5) is 0 Å². The van der Waals surface area contributed by atoms with Gasteiger partial charge in [0.2, 0.25) is 11.8 Å². The Hall–Kier alpha value is -1.84. The fourth-order valence-corrected chi connectivity index (χ4v) is 1.47. The summed E-state index contributed by atoms with van der Waals surface area (Å²) in [6.07, 6.45) is 1.87. The molecule has 0 atom stereocenters. The van der Waals surface area contributed by atoms with Crippen molar-refractivity contribution in [3.05, 3.63) is 35.9 Å². The van der Waals surface area contributed by atoms with Gasteiger partial charge in [-0.2, -0.15) is 0 Å². The molecule has 4 nitrogen and oxygen atoms in total. The maximum Gasteiger partial charge on any atom is 0.229 e. The standard InChI is InChI=1S/C14H20N2O2/c1-2-3-9-15-13(17)10-14(18)16-11-12-7-5-4-6-8-12/h4-8H,2-3,9-11H2,1H3,(H,15,17)(H,16,18). The highest BCUT2D eigenvalue weighted by Gasteiger charge is 2.07. The van der Waals surface area contributed by atoms with E-state index in [1.165, 1.54) is 0 Å². The number of hydrogen-bond acceptors (Lipinski definition) is 2. The number of benzene rings is 1. The van der Waals surface area contributed by atoms with Crippen LogP contribution >= 0.6 is 0 Å². The molecule has 2 amide bonds. The Kier molecular flexibility index (Phi) is 6.54. The van der Waals surface area contributed by atoms with Crippen LogP contribution in [0.5, 0.6) is 0 Å². The average Bonchev–Trinajstić information content (AvgIpc) is 2.38. The maximum atomic E-state index is 11.5. The molecule has 1 aromatic rings. The van der Waals surface area contributed by atoms with Crippen LogP contribution in [0.25, 0.3) is 0 Å². The third-order valence-electron chi connectivity index (χ3n) is 2.51. The number of hydrogen-bond donors (Lipinski definition) is 2. The molecule has 0 aliphatic rings. The van der Waals surface area contributed by atoms with E-state index in [9.17, 15) is 9.59 Å². The van der Waals surface area contributed by atoms with Gasteiger partial charge in [-0.3, -0.25) is 9.59 Å². The monoisotopic (exact) mass is 248 g/mol. The second-order valence-electron chi connectivity index (χ2n) is 4.14. The zero-order chi connectivity index (χ0) is 13.2. The fraction of sp³-hybridized carbons (Fsp3) is 0.429. The van der Waals surface area contributed by atoms with Gasteiger partial charge >= 0.3 is 0 Å². The van der Waals surface area contributed by atoms with Crippen LogP contribution in [-0.4, -0.2) is 18.4 Å². The molecule has 98 valence electrons. The first kappa shape index (κ1) is 14.2. The highest BCUT2D eigenvalue weighted by atomic mass is 16.2. The van der Waals surface area contributed by atoms with Crippen LogP contribution in [0.2, 0.25) is 0 Å². The third-order valence-corrected chi connectivity index (χ3v) is 2.51. The summed E-state index contributed by atoms with van der Waals surface area (Å²) in [6.45, 7) is 3.15.